The fourth-order valence-corrected chi connectivity index (χ4v) is 4.89. The number of nitrogens with one attached hydrogen (secondary N) is 1. The van der Waals surface area contributed by atoms with Crippen LogP contribution in [0.3, 0.4) is 0 Å². The van der Waals surface area contributed by atoms with Gasteiger partial charge < -0.3 is 23.6 Å². The highest BCUT2D eigenvalue weighted by molar-refractivity contribution is 6.74. The highest BCUT2D eigenvalue weighted by Gasteiger charge is 2.41. The van der Waals surface area contributed by atoms with Crippen molar-refractivity contribution < 1.29 is 23.1 Å². The van der Waals surface area contributed by atoms with Crippen LogP contribution in [0.15, 0.2) is 24.3 Å². The average molecular weight is 482 g/mol. The van der Waals surface area contributed by atoms with E-state index in [-0.39, 0.29) is 22.2 Å². The van der Waals surface area contributed by atoms with E-state index in [0.717, 1.165) is 11.3 Å². The van der Waals surface area contributed by atoms with Crippen molar-refractivity contribution in [3.05, 3.63) is 29.8 Å². The molecule has 1 aliphatic rings. The molecular weight excluding hydrogens is 438 g/mol. The number of carbonyl (C=O) groups excluding carboxylic acids is 1. The van der Waals surface area contributed by atoms with Crippen LogP contribution in [0.4, 0.5) is 4.79 Å². The van der Waals surface area contributed by atoms with Crippen molar-refractivity contribution >= 4 is 22.7 Å². The molecule has 1 N–H and O–H groups in total. The van der Waals surface area contributed by atoms with Crippen LogP contribution in [0.1, 0.15) is 53.2 Å². The van der Waals surface area contributed by atoms with E-state index in [1.54, 1.807) is 0 Å². The molecule has 1 fully saturated rings. The maximum atomic E-state index is 11.9. The first-order valence-corrected chi connectivity index (χ1v) is 17.3. The van der Waals surface area contributed by atoms with Gasteiger partial charge in [0.15, 0.2) is 22.7 Å². The molecule has 2 unspecified atom stereocenters. The lowest BCUT2D eigenvalue weighted by Gasteiger charge is -2.37. The van der Waals surface area contributed by atoms with E-state index in [9.17, 15) is 4.79 Å². The minimum absolute atomic E-state index is 0.110. The largest absolute Gasteiger partial charge is 0.491 e. The summed E-state index contributed by atoms with van der Waals surface area (Å²) >= 11 is 0. The summed E-state index contributed by atoms with van der Waals surface area (Å²) in [6, 6.07) is 7.53. The molecule has 0 radical (unpaired) electrons. The van der Waals surface area contributed by atoms with Crippen molar-refractivity contribution in [2.75, 3.05) is 19.8 Å². The minimum Gasteiger partial charge on any atom is -0.491 e. The first-order valence-electron chi connectivity index (χ1n) is 11.5. The Bertz CT molecular complexity index is 766. The SMILES string of the molecule is CC(C)(C)[Si](C)(C)OCCOc1ccc(C2OC(=O)NC2CO[Si](C)(C)C(C)(C)C)cc1. The third-order valence-electron chi connectivity index (χ3n) is 7.16. The van der Waals surface area contributed by atoms with Crippen molar-refractivity contribution in [2.24, 2.45) is 0 Å². The summed E-state index contributed by atoms with van der Waals surface area (Å²) in [5.74, 6) is 0.777. The first kappa shape index (κ1) is 26.9. The zero-order valence-corrected chi connectivity index (χ0v) is 23.6. The van der Waals surface area contributed by atoms with Crippen molar-refractivity contribution in [2.45, 2.75) is 90.0 Å². The van der Waals surface area contributed by atoms with Crippen LogP contribution < -0.4 is 10.1 Å². The van der Waals surface area contributed by atoms with E-state index in [0.29, 0.717) is 19.8 Å². The van der Waals surface area contributed by atoms with Gasteiger partial charge in [-0.2, -0.15) is 0 Å². The van der Waals surface area contributed by atoms with Gasteiger partial charge in [0.2, 0.25) is 0 Å². The number of rotatable bonds is 9. The standard InChI is InChI=1S/C24H43NO5Si2/c1-23(2,3)31(7,8)28-16-15-27-19-13-11-18(12-14-19)21-20(25-22(26)30-21)17-29-32(9,10)24(4,5)6/h11-14,20-21H,15-17H2,1-10H3,(H,25,26). The minimum atomic E-state index is -1.91. The lowest BCUT2D eigenvalue weighted by Crippen LogP contribution is -2.45. The Balaban J connectivity index is 1.92. The molecular formula is C24H43NO5Si2. The van der Waals surface area contributed by atoms with Gasteiger partial charge in [-0.1, -0.05) is 53.7 Å². The number of cyclic esters (lactones) is 1. The summed E-state index contributed by atoms with van der Waals surface area (Å²) < 4.78 is 23.9. The van der Waals surface area contributed by atoms with Crippen LogP contribution in [-0.4, -0.2) is 48.6 Å². The fourth-order valence-electron chi connectivity index (χ4n) is 2.83. The topological polar surface area (TPSA) is 66.0 Å². The number of alkyl carbamates (subject to hydrolysis) is 1. The summed E-state index contributed by atoms with van der Waals surface area (Å²) in [5, 5.41) is 3.20. The summed E-state index contributed by atoms with van der Waals surface area (Å²) in [5.41, 5.74) is 0.928. The number of benzene rings is 1. The molecule has 182 valence electrons. The van der Waals surface area contributed by atoms with Gasteiger partial charge in [-0.25, -0.2) is 4.79 Å². The zero-order chi connectivity index (χ0) is 24.4. The van der Waals surface area contributed by atoms with Crippen molar-refractivity contribution in [1.29, 1.82) is 0 Å². The second kappa shape index (κ2) is 9.87. The van der Waals surface area contributed by atoms with Crippen molar-refractivity contribution in [1.82, 2.24) is 5.32 Å². The van der Waals surface area contributed by atoms with Gasteiger partial charge in [0.05, 0.1) is 19.3 Å². The van der Waals surface area contributed by atoms with Gasteiger partial charge >= 0.3 is 6.09 Å². The molecule has 1 saturated heterocycles. The molecule has 0 aromatic heterocycles. The molecule has 1 heterocycles. The molecule has 8 heteroatoms. The highest BCUT2D eigenvalue weighted by atomic mass is 28.4. The molecule has 1 aromatic rings. The van der Waals surface area contributed by atoms with Crippen molar-refractivity contribution in [3.8, 4) is 5.75 Å². The van der Waals surface area contributed by atoms with Gasteiger partial charge in [0.25, 0.3) is 0 Å². The second-order valence-corrected chi connectivity index (χ2v) is 21.3. The van der Waals surface area contributed by atoms with E-state index in [4.69, 9.17) is 18.3 Å². The number of carbonyl (C=O) groups is 1. The van der Waals surface area contributed by atoms with Crippen LogP contribution >= 0.6 is 0 Å². The molecule has 6 nitrogen and oxygen atoms in total. The van der Waals surface area contributed by atoms with Crippen LogP contribution in [0.25, 0.3) is 0 Å². The summed E-state index contributed by atoms with van der Waals surface area (Å²) in [4.78, 5) is 11.9. The molecule has 1 aliphatic heterocycles. The summed E-state index contributed by atoms with van der Waals surface area (Å²) in [7, 11) is -3.68. The van der Waals surface area contributed by atoms with Gasteiger partial charge in [0.1, 0.15) is 12.4 Å². The van der Waals surface area contributed by atoms with Gasteiger partial charge in [-0.3, -0.25) is 0 Å². The lowest BCUT2D eigenvalue weighted by atomic mass is 10.0. The zero-order valence-electron chi connectivity index (χ0n) is 21.6. The van der Waals surface area contributed by atoms with Crippen LogP contribution in [0.2, 0.25) is 36.3 Å². The van der Waals surface area contributed by atoms with Gasteiger partial charge in [-0.15, -0.1) is 0 Å². The maximum Gasteiger partial charge on any atom is 0.408 e. The van der Waals surface area contributed by atoms with Crippen LogP contribution in [0.5, 0.6) is 5.75 Å². The van der Waals surface area contributed by atoms with E-state index in [1.165, 1.54) is 0 Å². The van der Waals surface area contributed by atoms with Crippen LogP contribution in [0, 0.1) is 0 Å². The second-order valence-electron chi connectivity index (χ2n) is 11.7. The quantitative estimate of drug-likeness (QED) is 0.333. The Morgan fingerprint density at radius 3 is 1.94 bits per heavy atom. The average Bonchev–Trinajstić information content (AvgIpc) is 3.03. The lowest BCUT2D eigenvalue weighted by molar-refractivity contribution is 0.120. The Kier molecular flexibility index (Phi) is 8.29. The third kappa shape index (κ3) is 6.82. The Hall–Kier alpha value is -1.36. The van der Waals surface area contributed by atoms with E-state index in [2.05, 4.69) is 73.0 Å². The predicted octanol–water partition coefficient (Wildman–Crippen LogP) is 6.26. The normalized spacial score (nSPS) is 20.1. The molecule has 0 aliphatic carbocycles. The molecule has 1 amide bonds. The predicted molar refractivity (Wildman–Crippen MR) is 134 cm³/mol. The van der Waals surface area contributed by atoms with E-state index < -0.39 is 22.7 Å². The smallest absolute Gasteiger partial charge is 0.408 e. The molecule has 2 atom stereocenters. The highest BCUT2D eigenvalue weighted by Crippen LogP contribution is 2.38. The monoisotopic (exact) mass is 481 g/mol. The number of hydrogen-bond donors (Lipinski definition) is 1. The number of amides is 1. The van der Waals surface area contributed by atoms with E-state index in [1.807, 2.05) is 24.3 Å². The first-order chi connectivity index (χ1) is 14.5. The molecule has 0 saturated carbocycles. The van der Waals surface area contributed by atoms with Crippen LogP contribution in [-0.2, 0) is 13.6 Å². The Labute approximate surface area is 196 Å². The Morgan fingerprint density at radius 2 is 1.41 bits per heavy atom. The molecule has 0 spiro atoms. The van der Waals surface area contributed by atoms with Crippen molar-refractivity contribution in [3.63, 3.8) is 0 Å². The molecule has 32 heavy (non-hydrogen) atoms. The number of hydrogen-bond acceptors (Lipinski definition) is 5. The molecule has 2 rings (SSSR count). The molecule has 1 aromatic carbocycles. The maximum absolute atomic E-state index is 11.9. The number of ether oxygens (including phenoxy) is 2. The fraction of sp³-hybridized carbons (Fsp3) is 0.708. The summed E-state index contributed by atoms with van der Waals surface area (Å²) in [6.45, 7) is 23.7. The van der Waals surface area contributed by atoms with E-state index >= 15 is 0 Å². The third-order valence-corrected chi connectivity index (χ3v) is 16.2. The summed E-state index contributed by atoms with van der Waals surface area (Å²) in [6.07, 6.45) is -0.773. The molecule has 0 bridgehead atoms. The Morgan fingerprint density at radius 1 is 0.875 bits per heavy atom. The van der Waals surface area contributed by atoms with Gasteiger partial charge in [0, 0.05) is 0 Å². The van der Waals surface area contributed by atoms with Gasteiger partial charge in [-0.05, 0) is 54.0 Å².